The minimum absolute atomic E-state index is 0.314. The molecule has 1 aliphatic rings. The molecule has 0 radical (unpaired) electrons. The molecule has 1 amide bonds. The average Bonchev–Trinajstić information content (AvgIpc) is 2.62. The van der Waals surface area contributed by atoms with Crippen LogP contribution in [0.3, 0.4) is 0 Å². The van der Waals surface area contributed by atoms with Gasteiger partial charge in [-0.1, -0.05) is 11.6 Å². The second-order valence-corrected chi connectivity index (χ2v) is 5.44. The first-order valence-corrected chi connectivity index (χ1v) is 6.18. The molecule has 102 valence electrons. The Morgan fingerprint density at radius 2 is 2.17 bits per heavy atom. The van der Waals surface area contributed by atoms with Gasteiger partial charge >= 0.3 is 12.1 Å². The quantitative estimate of drug-likeness (QED) is 0.759. The Bertz CT molecular complexity index is 354. The van der Waals surface area contributed by atoms with E-state index in [0.29, 0.717) is 13.0 Å². The summed E-state index contributed by atoms with van der Waals surface area (Å²) in [5, 5.41) is 11.6. The van der Waals surface area contributed by atoms with E-state index in [9.17, 15) is 9.59 Å². The number of nitrogens with one attached hydrogen (secondary N) is 1. The van der Waals surface area contributed by atoms with Gasteiger partial charge in [0.25, 0.3) is 0 Å². The Balaban J connectivity index is 2.40. The standard InChI is InChI=1S/C13H21NO4/c1-13(2,3)18-12(17)14-8-7-9-5-4-6-10(9)11(15)16/h7,10H,4-6,8H2,1-3H3,(H,14,17)(H,15,16)/b9-7+. The van der Waals surface area contributed by atoms with Crippen LogP contribution in [0, 0.1) is 5.92 Å². The Kier molecular flexibility index (Phi) is 4.76. The third kappa shape index (κ3) is 4.77. The number of carbonyl (C=O) groups is 2. The summed E-state index contributed by atoms with van der Waals surface area (Å²) in [4.78, 5) is 22.3. The van der Waals surface area contributed by atoms with Crippen molar-refractivity contribution in [3.63, 3.8) is 0 Å². The van der Waals surface area contributed by atoms with Crippen LogP contribution in [0.2, 0.25) is 0 Å². The summed E-state index contributed by atoms with van der Waals surface area (Å²) in [5.41, 5.74) is 0.382. The van der Waals surface area contributed by atoms with E-state index in [-0.39, 0.29) is 5.92 Å². The zero-order chi connectivity index (χ0) is 13.8. The van der Waals surface area contributed by atoms with E-state index in [1.165, 1.54) is 0 Å². The van der Waals surface area contributed by atoms with Crippen molar-refractivity contribution < 1.29 is 19.4 Å². The molecule has 1 atom stereocenters. The van der Waals surface area contributed by atoms with Crippen LogP contribution in [0.25, 0.3) is 0 Å². The van der Waals surface area contributed by atoms with Gasteiger partial charge in [0.2, 0.25) is 0 Å². The molecular formula is C13H21NO4. The number of ether oxygens (including phenoxy) is 1. The first kappa shape index (κ1) is 14.5. The molecule has 5 nitrogen and oxygen atoms in total. The number of hydrogen-bond donors (Lipinski definition) is 2. The zero-order valence-electron chi connectivity index (χ0n) is 11.2. The van der Waals surface area contributed by atoms with Crippen LogP contribution in [0.4, 0.5) is 4.79 Å². The van der Waals surface area contributed by atoms with Gasteiger partial charge in [-0.2, -0.15) is 0 Å². The van der Waals surface area contributed by atoms with E-state index < -0.39 is 17.7 Å². The zero-order valence-corrected chi connectivity index (χ0v) is 11.2. The number of hydrogen-bond acceptors (Lipinski definition) is 3. The molecule has 1 saturated carbocycles. The third-order valence-corrected chi connectivity index (χ3v) is 2.71. The monoisotopic (exact) mass is 255 g/mol. The number of carboxylic acid groups (broad SMARTS) is 1. The Morgan fingerprint density at radius 3 is 2.72 bits per heavy atom. The molecule has 5 heteroatoms. The van der Waals surface area contributed by atoms with Crippen LogP contribution in [0.15, 0.2) is 11.6 Å². The van der Waals surface area contributed by atoms with E-state index in [1.54, 1.807) is 26.8 Å². The Hall–Kier alpha value is -1.52. The van der Waals surface area contributed by atoms with Crippen LogP contribution in [-0.4, -0.2) is 29.3 Å². The summed E-state index contributed by atoms with van der Waals surface area (Å²) in [6.45, 7) is 5.70. The molecule has 18 heavy (non-hydrogen) atoms. The van der Waals surface area contributed by atoms with Crippen LogP contribution >= 0.6 is 0 Å². The molecule has 1 rings (SSSR count). The number of rotatable bonds is 3. The van der Waals surface area contributed by atoms with E-state index in [4.69, 9.17) is 9.84 Å². The molecular weight excluding hydrogens is 234 g/mol. The highest BCUT2D eigenvalue weighted by Crippen LogP contribution is 2.30. The minimum atomic E-state index is -0.781. The lowest BCUT2D eigenvalue weighted by Gasteiger charge is -2.19. The van der Waals surface area contributed by atoms with Gasteiger partial charge in [0, 0.05) is 6.54 Å². The maximum atomic E-state index is 11.4. The normalized spacial score (nSPS) is 21.9. The van der Waals surface area contributed by atoms with E-state index in [0.717, 1.165) is 18.4 Å². The maximum absolute atomic E-state index is 11.4. The average molecular weight is 255 g/mol. The first-order chi connectivity index (χ1) is 8.29. The smallest absolute Gasteiger partial charge is 0.407 e. The molecule has 1 aliphatic carbocycles. The topological polar surface area (TPSA) is 75.6 Å². The van der Waals surface area contributed by atoms with Gasteiger partial charge < -0.3 is 15.2 Å². The summed E-state index contributed by atoms with van der Waals surface area (Å²) in [6, 6.07) is 0. The molecule has 0 spiro atoms. The van der Waals surface area contributed by atoms with Crippen molar-refractivity contribution in [1.29, 1.82) is 0 Å². The second kappa shape index (κ2) is 5.89. The van der Waals surface area contributed by atoms with Crippen molar-refractivity contribution in [2.45, 2.75) is 45.6 Å². The molecule has 1 fully saturated rings. The van der Waals surface area contributed by atoms with Gasteiger partial charge in [-0.3, -0.25) is 4.79 Å². The fraction of sp³-hybridized carbons (Fsp3) is 0.692. The maximum Gasteiger partial charge on any atom is 0.407 e. The molecule has 0 aromatic rings. The predicted octanol–water partition coefficient (Wildman–Crippen LogP) is 2.32. The number of alkyl carbamates (subject to hydrolysis) is 1. The predicted molar refractivity (Wildman–Crippen MR) is 67.3 cm³/mol. The molecule has 1 unspecified atom stereocenters. The second-order valence-electron chi connectivity index (χ2n) is 5.44. The van der Waals surface area contributed by atoms with Crippen LogP contribution in [-0.2, 0) is 9.53 Å². The van der Waals surface area contributed by atoms with Gasteiger partial charge in [0.05, 0.1) is 5.92 Å². The summed E-state index contributed by atoms with van der Waals surface area (Å²) in [7, 11) is 0. The van der Waals surface area contributed by atoms with Crippen molar-refractivity contribution in [3.8, 4) is 0 Å². The lowest BCUT2D eigenvalue weighted by molar-refractivity contribution is -0.140. The van der Waals surface area contributed by atoms with Gasteiger partial charge in [0.1, 0.15) is 5.60 Å². The number of amides is 1. The van der Waals surface area contributed by atoms with Gasteiger partial charge in [-0.25, -0.2) is 4.79 Å². The summed E-state index contributed by atoms with van der Waals surface area (Å²) in [6.07, 6.45) is 3.69. The molecule has 0 bridgehead atoms. The lowest BCUT2D eigenvalue weighted by Crippen LogP contribution is -2.32. The van der Waals surface area contributed by atoms with E-state index in [2.05, 4.69) is 5.32 Å². The van der Waals surface area contributed by atoms with Crippen molar-refractivity contribution in [3.05, 3.63) is 11.6 Å². The summed E-state index contributed by atoms with van der Waals surface area (Å²) in [5.74, 6) is -1.17. The lowest BCUT2D eigenvalue weighted by atomic mass is 10.0. The number of aliphatic carboxylic acids is 1. The Morgan fingerprint density at radius 1 is 1.50 bits per heavy atom. The Labute approximate surface area is 107 Å². The molecule has 0 aromatic heterocycles. The highest BCUT2D eigenvalue weighted by Gasteiger charge is 2.26. The largest absolute Gasteiger partial charge is 0.481 e. The number of carboxylic acids is 1. The van der Waals surface area contributed by atoms with Gasteiger partial charge in [0.15, 0.2) is 0 Å². The van der Waals surface area contributed by atoms with E-state index in [1.807, 2.05) is 0 Å². The van der Waals surface area contributed by atoms with Gasteiger partial charge in [-0.15, -0.1) is 0 Å². The fourth-order valence-electron chi connectivity index (χ4n) is 1.98. The minimum Gasteiger partial charge on any atom is -0.481 e. The van der Waals surface area contributed by atoms with Crippen LogP contribution in [0.5, 0.6) is 0 Å². The summed E-state index contributed by atoms with van der Waals surface area (Å²) < 4.78 is 5.08. The summed E-state index contributed by atoms with van der Waals surface area (Å²) >= 11 is 0. The van der Waals surface area contributed by atoms with E-state index >= 15 is 0 Å². The van der Waals surface area contributed by atoms with Crippen LogP contribution in [0.1, 0.15) is 40.0 Å². The van der Waals surface area contributed by atoms with Gasteiger partial charge in [-0.05, 0) is 40.0 Å². The van der Waals surface area contributed by atoms with Crippen molar-refractivity contribution >= 4 is 12.1 Å². The van der Waals surface area contributed by atoms with Crippen molar-refractivity contribution in [1.82, 2.24) is 5.32 Å². The molecule has 0 saturated heterocycles. The van der Waals surface area contributed by atoms with Crippen molar-refractivity contribution in [2.24, 2.45) is 5.92 Å². The fourth-order valence-corrected chi connectivity index (χ4v) is 1.98. The third-order valence-electron chi connectivity index (χ3n) is 2.71. The molecule has 0 aromatic carbocycles. The van der Waals surface area contributed by atoms with Crippen LogP contribution < -0.4 is 5.32 Å². The highest BCUT2D eigenvalue weighted by atomic mass is 16.6. The molecule has 2 N–H and O–H groups in total. The molecule has 0 heterocycles. The molecule has 0 aliphatic heterocycles. The van der Waals surface area contributed by atoms with Crippen molar-refractivity contribution in [2.75, 3.05) is 6.54 Å². The first-order valence-electron chi connectivity index (χ1n) is 6.18. The highest BCUT2D eigenvalue weighted by molar-refractivity contribution is 5.74. The number of carbonyl (C=O) groups excluding carboxylic acids is 1. The SMILES string of the molecule is CC(C)(C)OC(=O)NC/C=C1\CCCC1C(=O)O.